The number of pyridine rings is 1. The highest BCUT2D eigenvalue weighted by Gasteiger charge is 2.39. The minimum atomic E-state index is 0.0225. The first-order valence-electron chi connectivity index (χ1n) is 10.3. The summed E-state index contributed by atoms with van der Waals surface area (Å²) in [5.41, 5.74) is 2.30. The molecular formula is C22H23N5O2S. The number of carbonyl (C=O) groups excluding carboxylic acids is 2. The van der Waals surface area contributed by atoms with Crippen molar-refractivity contribution in [1.82, 2.24) is 14.9 Å². The zero-order valence-electron chi connectivity index (χ0n) is 16.7. The molecule has 2 aliphatic rings. The molecule has 1 aromatic carbocycles. The van der Waals surface area contributed by atoms with Crippen LogP contribution in [0, 0.1) is 11.8 Å². The van der Waals surface area contributed by atoms with E-state index >= 15 is 0 Å². The third-order valence-corrected chi connectivity index (χ3v) is 6.88. The maximum atomic E-state index is 12.9. The van der Waals surface area contributed by atoms with E-state index in [1.165, 1.54) is 0 Å². The van der Waals surface area contributed by atoms with Crippen LogP contribution in [-0.2, 0) is 4.79 Å². The van der Waals surface area contributed by atoms with Crippen molar-refractivity contribution >= 4 is 44.3 Å². The Bertz CT molecular complexity index is 1060. The van der Waals surface area contributed by atoms with E-state index in [0.717, 1.165) is 40.7 Å². The smallest absolute Gasteiger partial charge is 0.253 e. The van der Waals surface area contributed by atoms with Gasteiger partial charge in [-0.25, -0.2) is 9.97 Å². The van der Waals surface area contributed by atoms with Crippen molar-refractivity contribution in [2.24, 2.45) is 11.8 Å². The lowest BCUT2D eigenvalue weighted by Crippen LogP contribution is -2.48. The molecule has 1 aliphatic heterocycles. The second-order valence-corrected chi connectivity index (χ2v) is 8.95. The third-order valence-electron chi connectivity index (χ3n) is 5.84. The molecule has 1 saturated heterocycles. The van der Waals surface area contributed by atoms with Crippen molar-refractivity contribution in [2.45, 2.75) is 13.3 Å². The van der Waals surface area contributed by atoms with Crippen LogP contribution in [0.25, 0.3) is 10.3 Å². The second-order valence-electron chi connectivity index (χ2n) is 7.99. The van der Waals surface area contributed by atoms with Crippen LogP contribution in [0.1, 0.15) is 23.7 Å². The minimum Gasteiger partial charge on any atom is -0.344 e. The molecule has 2 atom stereocenters. The lowest BCUT2D eigenvalue weighted by atomic mass is 10.1. The number of fused-ring (bicyclic) bond motifs is 1. The minimum absolute atomic E-state index is 0.0225. The molecule has 2 amide bonds. The van der Waals surface area contributed by atoms with Crippen molar-refractivity contribution in [2.75, 3.05) is 36.4 Å². The van der Waals surface area contributed by atoms with Crippen molar-refractivity contribution in [3.63, 3.8) is 0 Å². The molecule has 8 heteroatoms. The number of anilines is 2. The highest BCUT2D eigenvalue weighted by Crippen LogP contribution is 2.38. The fraction of sp³-hybridized carbons (Fsp3) is 0.364. The van der Waals surface area contributed by atoms with Gasteiger partial charge in [0.2, 0.25) is 5.91 Å². The number of rotatable bonds is 4. The molecule has 0 bridgehead atoms. The number of carbonyl (C=O) groups is 2. The number of nitrogens with zero attached hydrogens (tertiary/aromatic N) is 4. The Morgan fingerprint density at radius 3 is 2.50 bits per heavy atom. The molecule has 1 aliphatic carbocycles. The SMILES string of the molecule is CC1CC1C(=O)Nc1ccc(C(=O)N2CCN(c3nc4cccnc4s3)CC2)cc1. The summed E-state index contributed by atoms with van der Waals surface area (Å²) >= 11 is 1.59. The first kappa shape index (κ1) is 19.0. The Morgan fingerprint density at radius 1 is 1.10 bits per heavy atom. The van der Waals surface area contributed by atoms with Gasteiger partial charge < -0.3 is 15.1 Å². The monoisotopic (exact) mass is 421 g/mol. The number of nitrogens with one attached hydrogen (secondary N) is 1. The van der Waals surface area contributed by atoms with Gasteiger partial charge in [0.15, 0.2) is 5.13 Å². The molecule has 2 fully saturated rings. The third kappa shape index (κ3) is 3.75. The predicted octanol–water partition coefficient (Wildman–Crippen LogP) is 3.25. The normalized spacial score (nSPS) is 21.0. The quantitative estimate of drug-likeness (QED) is 0.700. The molecule has 154 valence electrons. The van der Waals surface area contributed by atoms with Crippen molar-refractivity contribution in [3.8, 4) is 0 Å². The number of hydrogen-bond acceptors (Lipinski definition) is 6. The Kier molecular flexibility index (Phi) is 4.86. The predicted molar refractivity (Wildman–Crippen MR) is 118 cm³/mol. The Hall–Kier alpha value is -3.00. The first-order chi connectivity index (χ1) is 14.6. The zero-order chi connectivity index (χ0) is 20.7. The molecule has 1 saturated carbocycles. The molecule has 30 heavy (non-hydrogen) atoms. The van der Waals surface area contributed by atoms with Crippen LogP contribution in [0.15, 0.2) is 42.6 Å². The molecule has 2 aromatic heterocycles. The highest BCUT2D eigenvalue weighted by atomic mass is 32.1. The summed E-state index contributed by atoms with van der Waals surface area (Å²) in [6, 6.07) is 11.1. The number of amides is 2. The molecule has 2 unspecified atom stereocenters. The van der Waals surface area contributed by atoms with E-state index in [0.29, 0.717) is 24.6 Å². The summed E-state index contributed by atoms with van der Waals surface area (Å²) < 4.78 is 0. The van der Waals surface area contributed by atoms with Gasteiger partial charge >= 0.3 is 0 Å². The van der Waals surface area contributed by atoms with E-state index in [-0.39, 0.29) is 17.7 Å². The lowest BCUT2D eigenvalue weighted by Gasteiger charge is -2.34. The average molecular weight is 422 g/mol. The van der Waals surface area contributed by atoms with Gasteiger partial charge in [-0.05, 0) is 48.7 Å². The molecule has 3 heterocycles. The molecule has 0 radical (unpaired) electrons. The van der Waals surface area contributed by atoms with Gasteiger partial charge in [-0.2, -0.15) is 0 Å². The van der Waals surface area contributed by atoms with Gasteiger partial charge in [-0.3, -0.25) is 9.59 Å². The number of thiazole rings is 1. The van der Waals surface area contributed by atoms with Crippen molar-refractivity contribution in [1.29, 1.82) is 0 Å². The lowest BCUT2D eigenvalue weighted by molar-refractivity contribution is -0.117. The molecule has 0 spiro atoms. The van der Waals surface area contributed by atoms with Crippen LogP contribution in [-0.4, -0.2) is 52.9 Å². The largest absolute Gasteiger partial charge is 0.344 e. The molecule has 1 N–H and O–H groups in total. The van der Waals surface area contributed by atoms with Crippen molar-refractivity contribution in [3.05, 3.63) is 48.2 Å². The highest BCUT2D eigenvalue weighted by molar-refractivity contribution is 7.21. The number of aromatic nitrogens is 2. The van der Waals surface area contributed by atoms with Crippen LogP contribution in [0.5, 0.6) is 0 Å². The van der Waals surface area contributed by atoms with E-state index in [1.807, 2.05) is 29.2 Å². The summed E-state index contributed by atoms with van der Waals surface area (Å²) in [6.07, 6.45) is 2.74. The van der Waals surface area contributed by atoms with Crippen LogP contribution < -0.4 is 10.2 Å². The van der Waals surface area contributed by atoms with E-state index in [2.05, 4.69) is 27.1 Å². The van der Waals surface area contributed by atoms with Crippen LogP contribution in [0.2, 0.25) is 0 Å². The Balaban J connectivity index is 1.18. The standard InChI is InChI=1S/C22H23N5O2S/c1-14-13-17(14)19(28)24-16-6-4-15(5-7-16)21(29)26-9-11-27(12-10-26)22-25-18-3-2-8-23-20(18)30-22/h2-8,14,17H,9-13H2,1H3,(H,24,28). The van der Waals surface area contributed by atoms with Crippen molar-refractivity contribution < 1.29 is 9.59 Å². The van der Waals surface area contributed by atoms with E-state index in [4.69, 9.17) is 0 Å². The first-order valence-corrected chi connectivity index (χ1v) is 11.1. The topological polar surface area (TPSA) is 78.4 Å². The van der Waals surface area contributed by atoms with Gasteiger partial charge in [-0.1, -0.05) is 18.3 Å². The maximum Gasteiger partial charge on any atom is 0.253 e. The number of piperazine rings is 1. The number of hydrogen-bond donors (Lipinski definition) is 1. The molecule has 7 nitrogen and oxygen atoms in total. The van der Waals surface area contributed by atoms with Gasteiger partial charge in [0, 0.05) is 49.5 Å². The van der Waals surface area contributed by atoms with Gasteiger partial charge in [-0.15, -0.1) is 0 Å². The fourth-order valence-corrected chi connectivity index (χ4v) is 4.76. The number of benzene rings is 1. The summed E-state index contributed by atoms with van der Waals surface area (Å²) in [4.78, 5) is 39.0. The second kappa shape index (κ2) is 7.68. The molecule has 5 rings (SSSR count). The Morgan fingerprint density at radius 2 is 1.83 bits per heavy atom. The summed E-state index contributed by atoms with van der Waals surface area (Å²) in [6.45, 7) is 4.89. The van der Waals surface area contributed by atoms with E-state index in [1.54, 1.807) is 29.7 Å². The van der Waals surface area contributed by atoms with Crippen LogP contribution >= 0.6 is 11.3 Å². The maximum absolute atomic E-state index is 12.9. The van der Waals surface area contributed by atoms with Gasteiger partial charge in [0.25, 0.3) is 5.91 Å². The van der Waals surface area contributed by atoms with Gasteiger partial charge in [0.1, 0.15) is 10.3 Å². The molecular weight excluding hydrogens is 398 g/mol. The average Bonchev–Trinajstić information content (AvgIpc) is 3.35. The zero-order valence-corrected chi connectivity index (χ0v) is 17.6. The summed E-state index contributed by atoms with van der Waals surface area (Å²) in [7, 11) is 0. The molecule has 3 aromatic rings. The fourth-order valence-electron chi connectivity index (χ4n) is 3.80. The van der Waals surface area contributed by atoms with Crippen LogP contribution in [0.3, 0.4) is 0 Å². The van der Waals surface area contributed by atoms with E-state index < -0.39 is 0 Å². The Labute approximate surface area is 178 Å². The summed E-state index contributed by atoms with van der Waals surface area (Å²) in [5.74, 6) is 0.703. The van der Waals surface area contributed by atoms with Gasteiger partial charge in [0.05, 0.1) is 0 Å². The van der Waals surface area contributed by atoms with Crippen LogP contribution in [0.4, 0.5) is 10.8 Å². The van der Waals surface area contributed by atoms with E-state index in [9.17, 15) is 9.59 Å². The summed E-state index contributed by atoms with van der Waals surface area (Å²) in [5, 5.41) is 3.89.